The minimum atomic E-state index is -0.150. The van der Waals surface area contributed by atoms with E-state index in [1.807, 2.05) is 0 Å². The molecule has 1 aromatic carbocycles. The van der Waals surface area contributed by atoms with E-state index < -0.39 is 0 Å². The van der Waals surface area contributed by atoms with Crippen LogP contribution in [0, 0.1) is 0 Å². The van der Waals surface area contributed by atoms with Crippen LogP contribution in [-0.4, -0.2) is 13.1 Å². The molecule has 20 heavy (non-hydrogen) atoms. The molecule has 0 radical (unpaired) electrons. The van der Waals surface area contributed by atoms with Crippen molar-refractivity contribution < 1.29 is 0 Å². The lowest BCUT2D eigenvalue weighted by Gasteiger charge is -2.30. The molecule has 3 N–H and O–H groups in total. The van der Waals surface area contributed by atoms with Gasteiger partial charge < -0.3 is 11.1 Å². The third-order valence-electron chi connectivity index (χ3n) is 5.35. The molecule has 1 aliphatic rings. The summed E-state index contributed by atoms with van der Waals surface area (Å²) in [5.41, 5.74) is 9.11. The van der Waals surface area contributed by atoms with Gasteiger partial charge in [0.15, 0.2) is 0 Å². The third kappa shape index (κ3) is 3.24. The summed E-state index contributed by atoms with van der Waals surface area (Å²) in [6.07, 6.45) is 7.20. The Hall–Kier alpha value is -0.860. The van der Waals surface area contributed by atoms with Crippen LogP contribution in [0.1, 0.15) is 69.4 Å². The summed E-state index contributed by atoms with van der Waals surface area (Å²) in [4.78, 5) is 0. The van der Waals surface area contributed by atoms with E-state index in [9.17, 15) is 0 Å². The molecule has 0 saturated heterocycles. The van der Waals surface area contributed by atoms with Gasteiger partial charge in [0.1, 0.15) is 0 Å². The van der Waals surface area contributed by atoms with Crippen LogP contribution in [-0.2, 0) is 5.54 Å². The summed E-state index contributed by atoms with van der Waals surface area (Å²) in [6.45, 7) is 4.35. The number of rotatable bonds is 5. The van der Waals surface area contributed by atoms with Gasteiger partial charge in [-0.3, -0.25) is 0 Å². The smallest absolute Gasteiger partial charge is 0.0404 e. The van der Waals surface area contributed by atoms with Crippen molar-refractivity contribution in [1.29, 1.82) is 0 Å². The summed E-state index contributed by atoms with van der Waals surface area (Å²) in [5, 5.41) is 3.40. The Morgan fingerprint density at radius 2 is 1.60 bits per heavy atom. The van der Waals surface area contributed by atoms with Crippen LogP contribution in [0.4, 0.5) is 0 Å². The standard InChI is InChI=1S/C18H30N2/c1-4-18(19,5-2)16-10-6-14(7-11-16)15-8-12-17(20-3)13-9-15/h6-7,10-11,15,17,20H,4-5,8-9,12-13,19H2,1-3H3. The Morgan fingerprint density at radius 3 is 2.05 bits per heavy atom. The summed E-state index contributed by atoms with van der Waals surface area (Å²) in [7, 11) is 2.08. The average Bonchev–Trinajstić information content (AvgIpc) is 2.54. The fourth-order valence-corrected chi connectivity index (χ4v) is 3.46. The highest BCUT2D eigenvalue weighted by Crippen LogP contribution is 2.34. The molecule has 0 aromatic heterocycles. The van der Waals surface area contributed by atoms with Crippen LogP contribution in [0.15, 0.2) is 24.3 Å². The molecule has 0 unspecified atom stereocenters. The van der Waals surface area contributed by atoms with Crippen LogP contribution >= 0.6 is 0 Å². The predicted octanol–water partition coefficient (Wildman–Crippen LogP) is 3.91. The number of benzene rings is 1. The van der Waals surface area contributed by atoms with Gasteiger partial charge >= 0.3 is 0 Å². The maximum Gasteiger partial charge on any atom is 0.0404 e. The molecule has 0 bridgehead atoms. The van der Waals surface area contributed by atoms with Crippen molar-refractivity contribution in [3.8, 4) is 0 Å². The molecule has 0 spiro atoms. The van der Waals surface area contributed by atoms with Crippen molar-refractivity contribution in [3.05, 3.63) is 35.4 Å². The Bertz CT molecular complexity index is 398. The molecule has 0 aliphatic heterocycles. The first-order chi connectivity index (χ1) is 9.62. The number of hydrogen-bond donors (Lipinski definition) is 2. The lowest BCUT2D eigenvalue weighted by Crippen LogP contribution is -2.35. The molecule has 2 heteroatoms. The molecule has 2 nitrogen and oxygen atoms in total. The van der Waals surface area contributed by atoms with Crippen LogP contribution in [0.3, 0.4) is 0 Å². The molecular weight excluding hydrogens is 244 g/mol. The quantitative estimate of drug-likeness (QED) is 0.854. The van der Waals surface area contributed by atoms with E-state index in [4.69, 9.17) is 5.73 Å². The summed E-state index contributed by atoms with van der Waals surface area (Å²) in [5.74, 6) is 0.740. The zero-order valence-corrected chi connectivity index (χ0v) is 13.3. The van der Waals surface area contributed by atoms with Gasteiger partial charge in [0.05, 0.1) is 0 Å². The minimum absolute atomic E-state index is 0.150. The lowest BCUT2D eigenvalue weighted by atomic mass is 9.80. The number of hydrogen-bond acceptors (Lipinski definition) is 2. The van der Waals surface area contributed by atoms with Crippen molar-refractivity contribution in [2.45, 2.75) is 69.9 Å². The SMILES string of the molecule is CCC(N)(CC)c1ccc(C2CCC(NC)CC2)cc1. The molecule has 1 fully saturated rings. The maximum atomic E-state index is 6.47. The van der Waals surface area contributed by atoms with E-state index in [0.29, 0.717) is 0 Å². The summed E-state index contributed by atoms with van der Waals surface area (Å²) in [6, 6.07) is 9.86. The van der Waals surface area contributed by atoms with Crippen LogP contribution in [0.2, 0.25) is 0 Å². The third-order valence-corrected chi connectivity index (χ3v) is 5.35. The van der Waals surface area contributed by atoms with E-state index in [1.165, 1.54) is 36.8 Å². The predicted molar refractivity (Wildman–Crippen MR) is 86.9 cm³/mol. The largest absolute Gasteiger partial charge is 0.321 e. The highest BCUT2D eigenvalue weighted by molar-refractivity contribution is 5.30. The molecule has 112 valence electrons. The van der Waals surface area contributed by atoms with Gasteiger partial charge in [-0.2, -0.15) is 0 Å². The average molecular weight is 274 g/mol. The van der Waals surface area contributed by atoms with Crippen molar-refractivity contribution in [1.82, 2.24) is 5.32 Å². The first kappa shape index (κ1) is 15.5. The van der Waals surface area contributed by atoms with E-state index in [-0.39, 0.29) is 5.54 Å². The Balaban J connectivity index is 2.05. The molecular formula is C18H30N2. The fourth-order valence-electron chi connectivity index (χ4n) is 3.46. The highest BCUT2D eigenvalue weighted by Gasteiger charge is 2.24. The van der Waals surface area contributed by atoms with Gasteiger partial charge in [-0.05, 0) is 62.6 Å². The zero-order chi connectivity index (χ0) is 14.6. The second-order valence-electron chi connectivity index (χ2n) is 6.32. The second-order valence-corrected chi connectivity index (χ2v) is 6.32. The van der Waals surface area contributed by atoms with Crippen LogP contribution < -0.4 is 11.1 Å². The maximum absolute atomic E-state index is 6.47. The second kappa shape index (κ2) is 6.73. The van der Waals surface area contributed by atoms with Gasteiger partial charge in [-0.15, -0.1) is 0 Å². The van der Waals surface area contributed by atoms with E-state index in [1.54, 1.807) is 0 Å². The first-order valence-electron chi connectivity index (χ1n) is 8.19. The molecule has 0 atom stereocenters. The fraction of sp³-hybridized carbons (Fsp3) is 0.667. The molecule has 2 rings (SSSR count). The monoisotopic (exact) mass is 274 g/mol. The zero-order valence-electron chi connectivity index (χ0n) is 13.3. The van der Waals surface area contributed by atoms with Gasteiger partial charge in [0.2, 0.25) is 0 Å². The first-order valence-corrected chi connectivity index (χ1v) is 8.19. The van der Waals surface area contributed by atoms with Gasteiger partial charge in [0, 0.05) is 11.6 Å². The van der Waals surface area contributed by atoms with Crippen LogP contribution in [0.25, 0.3) is 0 Å². The number of nitrogens with one attached hydrogen (secondary N) is 1. The Morgan fingerprint density at radius 1 is 1.05 bits per heavy atom. The molecule has 0 heterocycles. The number of nitrogens with two attached hydrogens (primary N) is 1. The molecule has 1 saturated carbocycles. The van der Waals surface area contributed by atoms with Gasteiger partial charge in [-0.25, -0.2) is 0 Å². The Kier molecular flexibility index (Phi) is 5.22. The van der Waals surface area contributed by atoms with Crippen molar-refractivity contribution in [2.24, 2.45) is 5.73 Å². The van der Waals surface area contributed by atoms with Crippen molar-refractivity contribution in [3.63, 3.8) is 0 Å². The normalized spacial score (nSPS) is 23.8. The minimum Gasteiger partial charge on any atom is -0.321 e. The Labute approximate surface area is 124 Å². The van der Waals surface area contributed by atoms with Crippen molar-refractivity contribution in [2.75, 3.05) is 7.05 Å². The van der Waals surface area contributed by atoms with Crippen molar-refractivity contribution >= 4 is 0 Å². The van der Waals surface area contributed by atoms with Gasteiger partial charge in [-0.1, -0.05) is 38.1 Å². The molecule has 0 amide bonds. The molecule has 1 aromatic rings. The van der Waals surface area contributed by atoms with Crippen LogP contribution in [0.5, 0.6) is 0 Å². The summed E-state index contributed by atoms with van der Waals surface area (Å²) >= 11 is 0. The van der Waals surface area contributed by atoms with E-state index in [2.05, 4.69) is 50.5 Å². The van der Waals surface area contributed by atoms with Gasteiger partial charge in [0.25, 0.3) is 0 Å². The van der Waals surface area contributed by atoms with E-state index >= 15 is 0 Å². The van der Waals surface area contributed by atoms with E-state index in [0.717, 1.165) is 24.8 Å². The summed E-state index contributed by atoms with van der Waals surface area (Å²) < 4.78 is 0. The highest BCUT2D eigenvalue weighted by atomic mass is 14.9. The lowest BCUT2D eigenvalue weighted by molar-refractivity contribution is 0.358. The molecule has 1 aliphatic carbocycles. The topological polar surface area (TPSA) is 38.0 Å².